The van der Waals surface area contributed by atoms with Crippen molar-refractivity contribution in [3.05, 3.63) is 12.2 Å². The van der Waals surface area contributed by atoms with Gasteiger partial charge in [-0.05, 0) is 44.4 Å². The number of aliphatic hydroxyl groups is 1. The quantitative estimate of drug-likeness (QED) is 0.149. The number of esters is 1. The van der Waals surface area contributed by atoms with E-state index in [2.05, 4.69) is 32.9 Å². The molecule has 0 spiro atoms. The molecule has 0 saturated heterocycles. The number of hydrogen-bond acceptors (Lipinski definition) is 3. The van der Waals surface area contributed by atoms with Crippen LogP contribution >= 0.6 is 0 Å². The van der Waals surface area contributed by atoms with Crippen molar-refractivity contribution in [1.82, 2.24) is 0 Å². The van der Waals surface area contributed by atoms with Crippen molar-refractivity contribution in [3.63, 3.8) is 0 Å². The monoisotopic (exact) mass is 382 g/mol. The average Bonchev–Trinajstić information content (AvgIpc) is 2.62. The Labute approximate surface area is 169 Å². The first kappa shape index (κ1) is 26.2. The van der Waals surface area contributed by atoms with Crippen LogP contribution < -0.4 is 0 Å². The van der Waals surface area contributed by atoms with E-state index < -0.39 is 6.10 Å². The van der Waals surface area contributed by atoms with Gasteiger partial charge in [0.05, 0.1) is 6.10 Å². The summed E-state index contributed by atoms with van der Waals surface area (Å²) in [6.07, 6.45) is 21.6. The molecule has 1 N–H and O–H groups in total. The van der Waals surface area contributed by atoms with Gasteiger partial charge in [0.25, 0.3) is 0 Å². The minimum absolute atomic E-state index is 0.141. The zero-order valence-corrected chi connectivity index (χ0v) is 18.4. The van der Waals surface area contributed by atoms with Crippen molar-refractivity contribution >= 4 is 5.97 Å². The van der Waals surface area contributed by atoms with Crippen LogP contribution in [0.1, 0.15) is 117 Å². The minimum Gasteiger partial charge on any atom is -0.463 e. The van der Waals surface area contributed by atoms with Crippen molar-refractivity contribution < 1.29 is 14.6 Å². The Bertz CT molecular complexity index is 350. The van der Waals surface area contributed by atoms with Crippen LogP contribution in [0, 0.1) is 5.92 Å². The van der Waals surface area contributed by atoms with E-state index in [9.17, 15) is 9.90 Å². The van der Waals surface area contributed by atoms with E-state index in [0.717, 1.165) is 12.8 Å². The number of rotatable bonds is 19. The van der Waals surface area contributed by atoms with E-state index in [0.29, 0.717) is 18.8 Å². The number of carbonyl (C=O) groups is 1. The Balaban J connectivity index is 3.30. The molecule has 0 aliphatic heterocycles. The first-order valence-corrected chi connectivity index (χ1v) is 11.5. The molecule has 0 aromatic rings. The molecule has 0 aromatic carbocycles. The van der Waals surface area contributed by atoms with E-state index >= 15 is 0 Å². The lowest BCUT2D eigenvalue weighted by atomic mass is 10.1. The van der Waals surface area contributed by atoms with Gasteiger partial charge in [0.2, 0.25) is 0 Å². The van der Waals surface area contributed by atoms with E-state index in [4.69, 9.17) is 4.74 Å². The second kappa shape index (κ2) is 19.9. The summed E-state index contributed by atoms with van der Waals surface area (Å²) in [6, 6.07) is 0. The molecule has 0 heterocycles. The molecule has 0 amide bonds. The summed E-state index contributed by atoms with van der Waals surface area (Å²) >= 11 is 0. The highest BCUT2D eigenvalue weighted by Gasteiger charge is 2.10. The molecule has 0 saturated carbocycles. The van der Waals surface area contributed by atoms with Crippen LogP contribution in [0.4, 0.5) is 0 Å². The number of aliphatic hydroxyl groups excluding tert-OH is 1. The summed E-state index contributed by atoms with van der Waals surface area (Å²) in [7, 11) is 0. The van der Waals surface area contributed by atoms with E-state index in [-0.39, 0.29) is 12.6 Å². The molecule has 0 aliphatic rings. The largest absolute Gasteiger partial charge is 0.463 e. The standard InChI is InChI=1S/C24H46O3/c1-4-5-6-7-8-9-10-11-12-13-14-15-16-17-18-19-24(26)27-21-23(25)20-22(2)3/h11-12,22-23,25H,4-10,13-21H2,1-3H3/b12-11-. The zero-order valence-electron chi connectivity index (χ0n) is 18.4. The molecule has 3 nitrogen and oxygen atoms in total. The third-order valence-electron chi connectivity index (χ3n) is 4.82. The summed E-state index contributed by atoms with van der Waals surface area (Å²) in [5, 5.41) is 9.69. The van der Waals surface area contributed by atoms with Crippen LogP contribution in [0.15, 0.2) is 12.2 Å². The molecule has 0 fully saturated rings. The highest BCUT2D eigenvalue weighted by Crippen LogP contribution is 2.11. The molecule has 0 radical (unpaired) electrons. The maximum atomic E-state index is 11.6. The van der Waals surface area contributed by atoms with Gasteiger partial charge in [0.1, 0.15) is 6.61 Å². The summed E-state index contributed by atoms with van der Waals surface area (Å²) in [5.41, 5.74) is 0. The minimum atomic E-state index is -0.525. The number of unbranched alkanes of at least 4 members (excludes halogenated alkanes) is 11. The van der Waals surface area contributed by atoms with Gasteiger partial charge in [-0.15, -0.1) is 0 Å². The molecule has 0 rings (SSSR count). The number of ether oxygens (including phenoxy) is 1. The normalized spacial score (nSPS) is 12.8. The predicted octanol–water partition coefficient (Wildman–Crippen LogP) is 6.97. The van der Waals surface area contributed by atoms with Crippen molar-refractivity contribution in [2.24, 2.45) is 5.92 Å². The van der Waals surface area contributed by atoms with Gasteiger partial charge in [-0.1, -0.05) is 84.3 Å². The highest BCUT2D eigenvalue weighted by molar-refractivity contribution is 5.69. The molecule has 0 aromatic heterocycles. The van der Waals surface area contributed by atoms with E-state index in [1.165, 1.54) is 70.6 Å². The molecule has 0 aliphatic carbocycles. The number of carbonyl (C=O) groups excluding carboxylic acids is 1. The van der Waals surface area contributed by atoms with Crippen molar-refractivity contribution in [3.8, 4) is 0 Å². The Morgan fingerprint density at radius 2 is 1.37 bits per heavy atom. The fourth-order valence-electron chi connectivity index (χ4n) is 3.21. The molecule has 1 atom stereocenters. The van der Waals surface area contributed by atoms with Gasteiger partial charge < -0.3 is 9.84 Å². The first-order valence-electron chi connectivity index (χ1n) is 11.5. The second-order valence-electron chi connectivity index (χ2n) is 8.30. The summed E-state index contributed by atoms with van der Waals surface area (Å²) in [4.78, 5) is 11.6. The average molecular weight is 383 g/mol. The van der Waals surface area contributed by atoms with Gasteiger partial charge in [0, 0.05) is 6.42 Å². The van der Waals surface area contributed by atoms with Gasteiger partial charge in [-0.25, -0.2) is 0 Å². The Morgan fingerprint density at radius 1 is 0.852 bits per heavy atom. The van der Waals surface area contributed by atoms with Crippen molar-refractivity contribution in [1.29, 1.82) is 0 Å². The van der Waals surface area contributed by atoms with Crippen LogP contribution in [0.25, 0.3) is 0 Å². The van der Waals surface area contributed by atoms with Crippen LogP contribution in [0.5, 0.6) is 0 Å². The first-order chi connectivity index (χ1) is 13.1. The lowest BCUT2D eigenvalue weighted by Crippen LogP contribution is -2.20. The van der Waals surface area contributed by atoms with Crippen molar-refractivity contribution in [2.45, 2.75) is 123 Å². The SMILES string of the molecule is CCCCCCCC/C=C\CCCCCCCC(=O)OCC(O)CC(C)C. The second-order valence-corrected chi connectivity index (χ2v) is 8.30. The smallest absolute Gasteiger partial charge is 0.305 e. The third-order valence-corrected chi connectivity index (χ3v) is 4.82. The summed E-state index contributed by atoms with van der Waals surface area (Å²) in [5.74, 6) is 0.250. The van der Waals surface area contributed by atoms with Crippen LogP contribution in [0.2, 0.25) is 0 Å². The molecule has 3 heteroatoms. The van der Waals surface area contributed by atoms with Crippen LogP contribution in [0.3, 0.4) is 0 Å². The molecular formula is C24H46O3. The maximum Gasteiger partial charge on any atom is 0.305 e. The molecular weight excluding hydrogens is 336 g/mol. The number of hydrogen-bond donors (Lipinski definition) is 1. The predicted molar refractivity (Wildman–Crippen MR) is 116 cm³/mol. The topological polar surface area (TPSA) is 46.5 Å². The molecule has 1 unspecified atom stereocenters. The lowest BCUT2D eigenvalue weighted by molar-refractivity contribution is -0.147. The molecule has 0 bridgehead atoms. The van der Waals surface area contributed by atoms with Gasteiger partial charge in [0.15, 0.2) is 0 Å². The molecule has 27 heavy (non-hydrogen) atoms. The highest BCUT2D eigenvalue weighted by atomic mass is 16.5. The van der Waals surface area contributed by atoms with Crippen LogP contribution in [-0.4, -0.2) is 23.8 Å². The van der Waals surface area contributed by atoms with E-state index in [1.54, 1.807) is 0 Å². The Morgan fingerprint density at radius 3 is 1.93 bits per heavy atom. The Kier molecular flexibility index (Phi) is 19.3. The van der Waals surface area contributed by atoms with E-state index in [1.807, 2.05) is 0 Å². The maximum absolute atomic E-state index is 11.6. The molecule has 160 valence electrons. The fourth-order valence-corrected chi connectivity index (χ4v) is 3.21. The van der Waals surface area contributed by atoms with Crippen LogP contribution in [-0.2, 0) is 9.53 Å². The van der Waals surface area contributed by atoms with Gasteiger partial charge >= 0.3 is 5.97 Å². The zero-order chi connectivity index (χ0) is 20.2. The van der Waals surface area contributed by atoms with Gasteiger partial charge in [-0.2, -0.15) is 0 Å². The number of allylic oxidation sites excluding steroid dienone is 2. The van der Waals surface area contributed by atoms with Gasteiger partial charge in [-0.3, -0.25) is 4.79 Å². The third kappa shape index (κ3) is 21.3. The summed E-state index contributed by atoms with van der Waals surface area (Å²) < 4.78 is 5.13. The summed E-state index contributed by atoms with van der Waals surface area (Å²) in [6.45, 7) is 6.51. The Hall–Kier alpha value is -0.830. The lowest BCUT2D eigenvalue weighted by Gasteiger charge is -2.13. The van der Waals surface area contributed by atoms with Crippen molar-refractivity contribution in [2.75, 3.05) is 6.61 Å². The fraction of sp³-hybridized carbons (Fsp3) is 0.875.